The maximum absolute atomic E-state index is 11.2. The monoisotopic (exact) mass is 275 g/mol. The quantitative estimate of drug-likeness (QED) is 0.706. The van der Waals surface area contributed by atoms with Gasteiger partial charge in [0.2, 0.25) is 0 Å². The zero-order chi connectivity index (χ0) is 12.6. The van der Waals surface area contributed by atoms with Gasteiger partial charge in [-0.1, -0.05) is 0 Å². The molecule has 0 saturated carbocycles. The molecule has 1 atom stereocenters. The van der Waals surface area contributed by atoms with Crippen molar-refractivity contribution in [3.05, 3.63) is 0 Å². The van der Waals surface area contributed by atoms with Gasteiger partial charge in [-0.15, -0.1) is 0 Å². The van der Waals surface area contributed by atoms with Crippen LogP contribution in [0.1, 0.15) is 32.1 Å². The summed E-state index contributed by atoms with van der Waals surface area (Å²) in [5.74, 6) is 1.74. The van der Waals surface area contributed by atoms with Crippen LogP contribution < -0.4 is 5.32 Å². The summed E-state index contributed by atoms with van der Waals surface area (Å²) in [7, 11) is -0.551. The van der Waals surface area contributed by atoms with Crippen molar-refractivity contribution in [3.8, 4) is 0 Å². The average Bonchev–Trinajstić information content (AvgIpc) is 2.89. The van der Waals surface area contributed by atoms with E-state index < -0.39 is 10.8 Å². The molecule has 0 amide bonds. The first-order chi connectivity index (χ1) is 8.84. The second kappa shape index (κ2) is 8.25. The summed E-state index contributed by atoms with van der Waals surface area (Å²) >= 11 is 0. The van der Waals surface area contributed by atoms with Gasteiger partial charge in [-0.2, -0.15) is 0 Å². The Balaban J connectivity index is 1.40. The van der Waals surface area contributed by atoms with Gasteiger partial charge in [0.15, 0.2) is 0 Å². The van der Waals surface area contributed by atoms with Gasteiger partial charge in [0.25, 0.3) is 0 Å². The normalized spacial score (nSPS) is 32.8. The van der Waals surface area contributed by atoms with Crippen molar-refractivity contribution in [2.45, 2.75) is 44.2 Å². The minimum atomic E-state index is -0.551. The molecule has 18 heavy (non-hydrogen) atoms. The van der Waals surface area contributed by atoms with Gasteiger partial charge in [0, 0.05) is 41.6 Å². The predicted molar refractivity (Wildman–Crippen MR) is 73.3 cm³/mol. The minimum absolute atomic E-state index is 0.339. The average molecular weight is 275 g/mol. The van der Waals surface area contributed by atoms with E-state index in [0.717, 1.165) is 63.6 Å². The Labute approximate surface area is 112 Å². The summed E-state index contributed by atoms with van der Waals surface area (Å²) in [6.07, 6.45) is 5.83. The van der Waals surface area contributed by atoms with Gasteiger partial charge >= 0.3 is 0 Å². The molecule has 2 aliphatic heterocycles. The van der Waals surface area contributed by atoms with E-state index in [1.54, 1.807) is 0 Å². The van der Waals surface area contributed by atoms with Gasteiger partial charge < -0.3 is 14.8 Å². The van der Waals surface area contributed by atoms with E-state index in [4.69, 9.17) is 9.47 Å². The standard InChI is InChI=1S/C13H25NO3S/c15-18-9-4-12(5-10-18)14-6-2-7-16-11-13-3-1-8-17-13/h12-14H,1-11H2. The van der Waals surface area contributed by atoms with Crippen molar-refractivity contribution in [2.75, 3.05) is 37.9 Å². The van der Waals surface area contributed by atoms with E-state index in [-0.39, 0.29) is 0 Å². The lowest BCUT2D eigenvalue weighted by Gasteiger charge is -2.22. The van der Waals surface area contributed by atoms with Crippen molar-refractivity contribution >= 4 is 10.8 Å². The number of rotatable bonds is 7. The Morgan fingerprint density at radius 1 is 1.28 bits per heavy atom. The summed E-state index contributed by atoms with van der Waals surface area (Å²) < 4.78 is 22.3. The molecule has 2 aliphatic rings. The molecule has 0 spiro atoms. The maximum atomic E-state index is 11.2. The highest BCUT2D eigenvalue weighted by Crippen LogP contribution is 2.12. The first kappa shape index (κ1) is 14.4. The van der Waals surface area contributed by atoms with E-state index in [9.17, 15) is 4.21 Å². The van der Waals surface area contributed by atoms with Crippen LogP contribution >= 0.6 is 0 Å². The van der Waals surface area contributed by atoms with Crippen LogP contribution in [-0.2, 0) is 20.3 Å². The second-order valence-electron chi connectivity index (χ2n) is 5.14. The Morgan fingerprint density at radius 2 is 2.11 bits per heavy atom. The highest BCUT2D eigenvalue weighted by atomic mass is 32.2. The molecule has 2 heterocycles. The lowest BCUT2D eigenvalue weighted by Crippen LogP contribution is -2.36. The van der Waals surface area contributed by atoms with Crippen LogP contribution in [0.5, 0.6) is 0 Å². The Kier molecular flexibility index (Phi) is 6.62. The smallest absolute Gasteiger partial charge is 0.0809 e. The first-order valence-electron chi connectivity index (χ1n) is 7.12. The van der Waals surface area contributed by atoms with E-state index in [1.165, 1.54) is 6.42 Å². The topological polar surface area (TPSA) is 47.6 Å². The molecule has 1 N–H and O–H groups in total. The third kappa shape index (κ3) is 5.34. The third-order valence-electron chi connectivity index (χ3n) is 3.61. The number of nitrogens with one attached hydrogen (secondary N) is 1. The van der Waals surface area contributed by atoms with E-state index in [0.29, 0.717) is 12.1 Å². The SMILES string of the molecule is O=S1CCC(NCCCOCC2CCCO2)CC1. The molecule has 0 aromatic heterocycles. The van der Waals surface area contributed by atoms with Crippen molar-refractivity contribution in [3.63, 3.8) is 0 Å². The molecule has 0 bridgehead atoms. The van der Waals surface area contributed by atoms with Gasteiger partial charge in [0.1, 0.15) is 0 Å². The molecular weight excluding hydrogens is 250 g/mol. The summed E-state index contributed by atoms with van der Waals surface area (Å²) in [5.41, 5.74) is 0. The zero-order valence-corrected chi connectivity index (χ0v) is 11.9. The molecule has 1 unspecified atom stereocenters. The van der Waals surface area contributed by atoms with Crippen LogP contribution in [0.4, 0.5) is 0 Å². The van der Waals surface area contributed by atoms with E-state index in [2.05, 4.69) is 5.32 Å². The van der Waals surface area contributed by atoms with E-state index >= 15 is 0 Å². The Hall–Kier alpha value is 0.0300. The molecule has 2 saturated heterocycles. The largest absolute Gasteiger partial charge is 0.379 e. The molecule has 0 radical (unpaired) electrons. The summed E-state index contributed by atoms with van der Waals surface area (Å²) in [6.45, 7) is 3.47. The van der Waals surface area contributed by atoms with Gasteiger partial charge in [0.05, 0.1) is 12.7 Å². The Morgan fingerprint density at radius 3 is 2.83 bits per heavy atom. The van der Waals surface area contributed by atoms with Crippen molar-refractivity contribution in [1.29, 1.82) is 0 Å². The fourth-order valence-corrected chi connectivity index (χ4v) is 3.77. The maximum Gasteiger partial charge on any atom is 0.0809 e. The third-order valence-corrected chi connectivity index (χ3v) is 5.00. The van der Waals surface area contributed by atoms with Crippen molar-refractivity contribution in [2.24, 2.45) is 0 Å². The van der Waals surface area contributed by atoms with E-state index in [1.807, 2.05) is 0 Å². The molecule has 2 rings (SSSR count). The van der Waals surface area contributed by atoms with Crippen molar-refractivity contribution < 1.29 is 13.7 Å². The summed E-state index contributed by atoms with van der Waals surface area (Å²) in [6, 6.07) is 0.570. The van der Waals surface area contributed by atoms with Crippen LogP contribution in [0, 0.1) is 0 Å². The zero-order valence-electron chi connectivity index (χ0n) is 11.1. The van der Waals surface area contributed by atoms with Gasteiger partial charge in [-0.05, 0) is 38.6 Å². The van der Waals surface area contributed by atoms with Gasteiger partial charge in [-0.25, -0.2) is 0 Å². The number of hydrogen-bond donors (Lipinski definition) is 1. The molecule has 5 heteroatoms. The van der Waals surface area contributed by atoms with Crippen LogP contribution in [0.3, 0.4) is 0 Å². The van der Waals surface area contributed by atoms with Crippen molar-refractivity contribution in [1.82, 2.24) is 5.32 Å². The lowest BCUT2D eigenvalue weighted by molar-refractivity contribution is 0.0165. The molecule has 2 fully saturated rings. The molecule has 0 aromatic carbocycles. The molecule has 0 aromatic rings. The summed E-state index contributed by atoms with van der Waals surface area (Å²) in [4.78, 5) is 0. The van der Waals surface area contributed by atoms with Crippen LogP contribution in [-0.4, -0.2) is 54.2 Å². The fraction of sp³-hybridized carbons (Fsp3) is 1.00. The second-order valence-corrected chi connectivity index (χ2v) is 6.84. The molecule has 0 aliphatic carbocycles. The molecular formula is C13H25NO3S. The first-order valence-corrected chi connectivity index (χ1v) is 8.61. The highest BCUT2D eigenvalue weighted by molar-refractivity contribution is 7.85. The fourth-order valence-electron chi connectivity index (χ4n) is 2.47. The number of hydrogen-bond acceptors (Lipinski definition) is 4. The van der Waals surface area contributed by atoms with Crippen LogP contribution in [0.25, 0.3) is 0 Å². The molecule has 4 nitrogen and oxygen atoms in total. The Bertz CT molecular complexity index is 247. The van der Waals surface area contributed by atoms with Gasteiger partial charge in [-0.3, -0.25) is 4.21 Å². The van der Waals surface area contributed by atoms with Crippen LogP contribution in [0.15, 0.2) is 0 Å². The molecule has 106 valence electrons. The summed E-state index contributed by atoms with van der Waals surface area (Å²) in [5, 5.41) is 3.52. The van der Waals surface area contributed by atoms with Crippen LogP contribution in [0.2, 0.25) is 0 Å². The highest BCUT2D eigenvalue weighted by Gasteiger charge is 2.17. The lowest BCUT2D eigenvalue weighted by atomic mass is 10.1. The number of ether oxygens (including phenoxy) is 2. The predicted octanol–water partition coefficient (Wildman–Crippen LogP) is 1.07. The minimum Gasteiger partial charge on any atom is -0.379 e.